The Kier molecular flexibility index (Phi) is 35.2. The van der Waals surface area contributed by atoms with E-state index in [1.807, 2.05) is 18.2 Å². The number of unbranched alkanes of at least 4 members (excludes halogenated alkanes) is 8. The van der Waals surface area contributed by atoms with Gasteiger partial charge in [-0.2, -0.15) is 0 Å². The topological polar surface area (TPSA) is 230 Å². The van der Waals surface area contributed by atoms with Crippen molar-refractivity contribution in [2.75, 3.05) is 13.2 Å². The quantitative estimate of drug-likeness (QED) is 0.0135. The smallest absolute Gasteiger partial charge is 0.462 e. The molecule has 7 N–H and O–H groups in total. The van der Waals surface area contributed by atoms with Crippen LogP contribution in [-0.4, -0.2) is 110 Å². The molecule has 1 aliphatic rings. The van der Waals surface area contributed by atoms with Crippen LogP contribution in [0.1, 0.15) is 149 Å². The Bertz CT molecular complexity index is 1460. The third kappa shape index (κ3) is 30.2. The second-order valence-corrected chi connectivity index (χ2v) is 17.5. The number of aliphatic hydroxyl groups excluding tert-OH is 6. The Hall–Kier alpha value is -3.01. The van der Waals surface area contributed by atoms with Gasteiger partial charge >= 0.3 is 19.8 Å². The molecular formula is C49H81O14P. The van der Waals surface area contributed by atoms with Gasteiger partial charge in [0.15, 0.2) is 6.10 Å². The third-order valence-corrected chi connectivity index (χ3v) is 11.3. The molecule has 0 radical (unpaired) electrons. The number of ether oxygens (including phenoxy) is 2. The Balaban J connectivity index is 2.53. The molecule has 366 valence electrons. The first-order chi connectivity index (χ1) is 30.8. The SMILES string of the molecule is CCCCC/C=C\C/C=C\C/C=C\CCCCCCC(=O)O[C@H](COC(=O)CCC/C=C\C/C=C\C/C=C\C/C=C\CC(O)CCC)COP(=O)(O)OC1[C@H](O)[C@H](O)C(O)[C@H](O)[C@H]1O. The van der Waals surface area contributed by atoms with Crippen molar-refractivity contribution in [3.8, 4) is 0 Å². The Morgan fingerprint density at radius 3 is 1.53 bits per heavy atom. The van der Waals surface area contributed by atoms with Crippen molar-refractivity contribution in [2.45, 2.75) is 198 Å². The van der Waals surface area contributed by atoms with Crippen LogP contribution in [0.3, 0.4) is 0 Å². The summed E-state index contributed by atoms with van der Waals surface area (Å²) in [6, 6.07) is 0. The predicted octanol–water partition coefficient (Wildman–Crippen LogP) is 8.25. The molecule has 0 aromatic heterocycles. The van der Waals surface area contributed by atoms with Crippen LogP contribution in [0.25, 0.3) is 0 Å². The average Bonchev–Trinajstić information content (AvgIpc) is 3.27. The van der Waals surface area contributed by atoms with E-state index in [0.29, 0.717) is 25.7 Å². The summed E-state index contributed by atoms with van der Waals surface area (Å²) in [7, 11) is -5.15. The lowest BCUT2D eigenvalue weighted by Gasteiger charge is -2.41. The van der Waals surface area contributed by atoms with Crippen LogP contribution in [0.15, 0.2) is 85.1 Å². The molecule has 15 heteroatoms. The molecule has 0 spiro atoms. The van der Waals surface area contributed by atoms with E-state index < -0.39 is 75.7 Å². The van der Waals surface area contributed by atoms with E-state index in [1.54, 1.807) is 0 Å². The summed E-state index contributed by atoms with van der Waals surface area (Å²) in [6.07, 6.45) is 32.7. The maximum Gasteiger partial charge on any atom is 0.472 e. The Morgan fingerprint density at radius 1 is 0.547 bits per heavy atom. The minimum atomic E-state index is -5.15. The van der Waals surface area contributed by atoms with Gasteiger partial charge in [-0.15, -0.1) is 0 Å². The summed E-state index contributed by atoms with van der Waals surface area (Å²) in [5.41, 5.74) is 0. The van der Waals surface area contributed by atoms with E-state index in [1.165, 1.54) is 19.3 Å². The fourth-order valence-corrected chi connectivity index (χ4v) is 7.45. The summed E-state index contributed by atoms with van der Waals surface area (Å²) in [6.45, 7) is 2.99. The number of carbonyl (C=O) groups is 2. The largest absolute Gasteiger partial charge is 0.472 e. The standard InChI is InChI=1S/C49H81O14P/c1-3-5-6-7-8-9-10-11-12-13-14-17-21-24-27-30-33-37-43(52)62-41(39-61-64(58,59)63-49-47(56)45(54)44(53)46(55)48(49)57)38-60-42(51)36-32-29-26-23-20-18-15-16-19-22-25-28-31-35-40(50)34-4-2/h8-9,11-12,14-15,17-19,22-23,26,28,31,40-41,44-50,53-57H,3-7,10,13,16,20-21,24-25,27,29-30,32-39H2,1-2H3,(H,58,59)/b9-8-,12-11-,17-14-,18-15-,22-19-,26-23-,31-28-/t40?,41-,44?,45-,46+,47-,48-,49?/m1/s1. The molecule has 14 nitrogen and oxygen atoms in total. The highest BCUT2D eigenvalue weighted by Crippen LogP contribution is 2.47. The zero-order valence-corrected chi connectivity index (χ0v) is 39.3. The van der Waals surface area contributed by atoms with Crippen LogP contribution in [-0.2, 0) is 32.7 Å². The van der Waals surface area contributed by atoms with Gasteiger partial charge in [-0.05, 0) is 89.9 Å². The summed E-state index contributed by atoms with van der Waals surface area (Å²) in [4.78, 5) is 35.7. The highest BCUT2D eigenvalue weighted by atomic mass is 31.2. The van der Waals surface area contributed by atoms with Crippen LogP contribution < -0.4 is 0 Å². The van der Waals surface area contributed by atoms with Gasteiger partial charge in [0.1, 0.15) is 43.2 Å². The molecule has 1 saturated carbocycles. The first kappa shape index (κ1) is 59.0. The second-order valence-electron chi connectivity index (χ2n) is 16.1. The minimum Gasteiger partial charge on any atom is -0.462 e. The number of rotatable bonds is 37. The maximum atomic E-state index is 12.8. The zero-order valence-electron chi connectivity index (χ0n) is 38.4. The van der Waals surface area contributed by atoms with Crippen LogP contribution in [0, 0.1) is 0 Å². The second kappa shape index (κ2) is 38.1. The van der Waals surface area contributed by atoms with Crippen LogP contribution in [0.2, 0.25) is 0 Å². The number of hydrogen-bond acceptors (Lipinski definition) is 13. The Morgan fingerprint density at radius 2 is 1.00 bits per heavy atom. The fourth-order valence-electron chi connectivity index (χ4n) is 6.48. The average molecular weight is 925 g/mol. The molecule has 0 heterocycles. The molecule has 0 aromatic carbocycles. The summed E-state index contributed by atoms with van der Waals surface area (Å²) < 4.78 is 33.4. The van der Waals surface area contributed by atoms with Crippen molar-refractivity contribution < 1.29 is 68.2 Å². The van der Waals surface area contributed by atoms with Gasteiger partial charge in [-0.25, -0.2) is 4.57 Å². The van der Waals surface area contributed by atoms with Crippen molar-refractivity contribution in [1.29, 1.82) is 0 Å². The summed E-state index contributed by atoms with van der Waals surface area (Å²) in [5.74, 6) is -1.22. The molecule has 64 heavy (non-hydrogen) atoms. The van der Waals surface area contributed by atoms with Crippen LogP contribution in [0.4, 0.5) is 0 Å². The number of phosphoric acid groups is 1. The lowest BCUT2D eigenvalue weighted by atomic mass is 9.85. The van der Waals surface area contributed by atoms with Crippen molar-refractivity contribution >= 4 is 19.8 Å². The maximum absolute atomic E-state index is 12.8. The molecular weight excluding hydrogens is 843 g/mol. The van der Waals surface area contributed by atoms with E-state index in [-0.39, 0.29) is 18.9 Å². The van der Waals surface area contributed by atoms with Gasteiger partial charge in [-0.3, -0.25) is 18.6 Å². The molecule has 0 saturated heterocycles. The van der Waals surface area contributed by atoms with Crippen molar-refractivity contribution in [3.63, 3.8) is 0 Å². The normalized spacial score (nSPS) is 22.8. The number of hydrogen-bond donors (Lipinski definition) is 7. The highest BCUT2D eigenvalue weighted by molar-refractivity contribution is 7.47. The van der Waals surface area contributed by atoms with Gasteiger partial charge in [0.25, 0.3) is 0 Å². The summed E-state index contributed by atoms with van der Waals surface area (Å²) >= 11 is 0. The van der Waals surface area contributed by atoms with Crippen molar-refractivity contribution in [1.82, 2.24) is 0 Å². The molecule has 1 fully saturated rings. The zero-order chi connectivity index (χ0) is 47.3. The van der Waals surface area contributed by atoms with E-state index in [4.69, 9.17) is 18.5 Å². The molecule has 1 aliphatic carbocycles. The first-order valence-electron chi connectivity index (χ1n) is 23.5. The molecule has 9 atom stereocenters. The fraction of sp³-hybridized carbons (Fsp3) is 0.673. The highest BCUT2D eigenvalue weighted by Gasteiger charge is 2.51. The number of esters is 2. The molecule has 0 bridgehead atoms. The third-order valence-electron chi connectivity index (χ3n) is 10.3. The lowest BCUT2D eigenvalue weighted by Crippen LogP contribution is -2.64. The van der Waals surface area contributed by atoms with Gasteiger partial charge in [0, 0.05) is 12.8 Å². The van der Waals surface area contributed by atoms with Crippen LogP contribution in [0.5, 0.6) is 0 Å². The minimum absolute atomic E-state index is 0.0471. The lowest BCUT2D eigenvalue weighted by molar-refractivity contribution is -0.220. The monoisotopic (exact) mass is 925 g/mol. The van der Waals surface area contributed by atoms with Gasteiger partial charge < -0.3 is 45.0 Å². The van der Waals surface area contributed by atoms with Crippen molar-refractivity contribution in [3.05, 3.63) is 85.1 Å². The predicted molar refractivity (Wildman–Crippen MR) is 250 cm³/mol. The van der Waals surface area contributed by atoms with E-state index in [2.05, 4.69) is 80.7 Å². The van der Waals surface area contributed by atoms with Crippen molar-refractivity contribution in [2.24, 2.45) is 0 Å². The van der Waals surface area contributed by atoms with E-state index in [9.17, 15) is 49.7 Å². The number of allylic oxidation sites excluding steroid dienone is 13. The molecule has 1 rings (SSSR count). The molecule has 0 amide bonds. The number of phosphoric ester groups is 1. The first-order valence-corrected chi connectivity index (χ1v) is 25.0. The van der Waals surface area contributed by atoms with Gasteiger partial charge in [0.05, 0.1) is 12.7 Å². The van der Waals surface area contributed by atoms with Gasteiger partial charge in [0.2, 0.25) is 0 Å². The molecule has 4 unspecified atom stereocenters. The molecule has 0 aromatic rings. The van der Waals surface area contributed by atoms with E-state index in [0.717, 1.165) is 77.0 Å². The van der Waals surface area contributed by atoms with E-state index >= 15 is 0 Å². The van der Waals surface area contributed by atoms with Crippen LogP contribution >= 0.6 is 7.82 Å². The van der Waals surface area contributed by atoms with Gasteiger partial charge in [-0.1, -0.05) is 131 Å². The Labute approximate surface area is 382 Å². The molecule has 0 aliphatic heterocycles. The number of carbonyl (C=O) groups excluding carboxylic acids is 2. The number of aliphatic hydroxyl groups is 6. The summed E-state index contributed by atoms with van der Waals surface area (Å²) in [5, 5.41) is 59.9.